The van der Waals surface area contributed by atoms with Crippen molar-refractivity contribution < 1.29 is 33.4 Å². The number of pyridine rings is 1. The predicted octanol–water partition coefficient (Wildman–Crippen LogP) is 0.895. The fourth-order valence-corrected chi connectivity index (χ4v) is 3.29. The smallest absolute Gasteiger partial charge is 0.330 e. The lowest BCUT2D eigenvalue weighted by Crippen LogP contribution is -2.47. The normalized spacial score (nSPS) is 13.2. The summed E-state index contributed by atoms with van der Waals surface area (Å²) in [6.45, 7) is 6.44. The van der Waals surface area contributed by atoms with Crippen LogP contribution in [0.25, 0.3) is 0 Å². The van der Waals surface area contributed by atoms with E-state index in [0.717, 1.165) is 4.57 Å². The van der Waals surface area contributed by atoms with E-state index in [-0.39, 0.29) is 37.6 Å². The maximum atomic E-state index is 12.9. The fourth-order valence-electron chi connectivity index (χ4n) is 3.29. The summed E-state index contributed by atoms with van der Waals surface area (Å²) >= 11 is 0. The minimum atomic E-state index is -0.975. The molecule has 0 aromatic carbocycles. The zero-order chi connectivity index (χ0) is 28.0. The third-order valence-corrected chi connectivity index (χ3v) is 5.43. The quantitative estimate of drug-likeness (QED) is 0.241. The standard InChI is InChI=1S/C25H36N4O8/c1-6-16(3)22(25(35)36-5)28-20(31)15-29-14-10-12-19(24(29)34)27-23(33)18(26-17(4)30)11-8-9-13-21(32)37-7-2/h9-10,12-14,16,18,22H,6-8,11,15H2,1-5H3,(H,26,30)(H,27,33)(H,28,31)/b13-9+/t16-,18+,22+/m1/s1. The van der Waals surface area contributed by atoms with Gasteiger partial charge in [0.15, 0.2) is 0 Å². The molecule has 0 bridgehead atoms. The molecule has 204 valence electrons. The van der Waals surface area contributed by atoms with E-state index in [1.165, 1.54) is 44.5 Å². The molecule has 3 N–H and O–H groups in total. The van der Waals surface area contributed by atoms with Gasteiger partial charge in [0.1, 0.15) is 24.3 Å². The number of amides is 3. The summed E-state index contributed by atoms with van der Waals surface area (Å²) in [6, 6.07) is 1.01. The van der Waals surface area contributed by atoms with Crippen LogP contribution >= 0.6 is 0 Å². The molecule has 3 atom stereocenters. The number of aromatic nitrogens is 1. The molecule has 0 saturated carbocycles. The van der Waals surface area contributed by atoms with Gasteiger partial charge in [0.25, 0.3) is 5.56 Å². The summed E-state index contributed by atoms with van der Waals surface area (Å²) in [4.78, 5) is 73.2. The summed E-state index contributed by atoms with van der Waals surface area (Å²) < 4.78 is 10.6. The highest BCUT2D eigenvalue weighted by Gasteiger charge is 2.27. The van der Waals surface area contributed by atoms with Crippen LogP contribution in [0.5, 0.6) is 0 Å². The molecule has 37 heavy (non-hydrogen) atoms. The first kappa shape index (κ1) is 31.1. The summed E-state index contributed by atoms with van der Waals surface area (Å²) in [7, 11) is 1.23. The van der Waals surface area contributed by atoms with Gasteiger partial charge in [0.2, 0.25) is 17.7 Å². The van der Waals surface area contributed by atoms with Crippen molar-refractivity contribution in [3.63, 3.8) is 0 Å². The van der Waals surface area contributed by atoms with Crippen molar-refractivity contribution in [1.82, 2.24) is 15.2 Å². The van der Waals surface area contributed by atoms with Gasteiger partial charge in [0, 0.05) is 19.2 Å². The first-order chi connectivity index (χ1) is 17.5. The van der Waals surface area contributed by atoms with Crippen LogP contribution in [0.4, 0.5) is 5.69 Å². The number of rotatable bonds is 14. The Morgan fingerprint density at radius 2 is 1.84 bits per heavy atom. The first-order valence-corrected chi connectivity index (χ1v) is 12.0. The van der Waals surface area contributed by atoms with E-state index >= 15 is 0 Å². The number of nitrogens with one attached hydrogen (secondary N) is 3. The van der Waals surface area contributed by atoms with Crippen molar-refractivity contribution >= 4 is 35.3 Å². The second-order valence-electron chi connectivity index (χ2n) is 8.28. The van der Waals surface area contributed by atoms with Crippen LogP contribution in [0.1, 0.15) is 47.0 Å². The molecule has 12 nitrogen and oxygen atoms in total. The Kier molecular flexibility index (Phi) is 13.4. The van der Waals surface area contributed by atoms with E-state index in [2.05, 4.69) is 16.0 Å². The highest BCUT2D eigenvalue weighted by atomic mass is 16.5. The maximum absolute atomic E-state index is 12.9. The second-order valence-corrected chi connectivity index (χ2v) is 8.28. The van der Waals surface area contributed by atoms with Crippen LogP contribution in [0.15, 0.2) is 35.3 Å². The molecule has 1 aromatic heterocycles. The summed E-state index contributed by atoms with van der Waals surface area (Å²) in [6.07, 6.45) is 5.20. The van der Waals surface area contributed by atoms with E-state index in [1.807, 2.05) is 6.92 Å². The summed E-state index contributed by atoms with van der Waals surface area (Å²) in [5.41, 5.74) is -0.739. The molecule has 0 unspecified atom stereocenters. The fraction of sp³-hybridized carbons (Fsp3) is 0.520. The Balaban J connectivity index is 2.93. The van der Waals surface area contributed by atoms with E-state index in [1.54, 1.807) is 13.8 Å². The number of carbonyl (C=O) groups excluding carboxylic acids is 5. The Morgan fingerprint density at radius 3 is 2.43 bits per heavy atom. The Bertz CT molecular complexity index is 1050. The van der Waals surface area contributed by atoms with Gasteiger partial charge in [-0.25, -0.2) is 9.59 Å². The summed E-state index contributed by atoms with van der Waals surface area (Å²) in [5, 5.41) is 7.59. The number of ether oxygens (including phenoxy) is 2. The van der Waals surface area contributed by atoms with E-state index in [0.29, 0.717) is 6.42 Å². The van der Waals surface area contributed by atoms with Gasteiger partial charge in [-0.3, -0.25) is 19.2 Å². The van der Waals surface area contributed by atoms with Crippen molar-refractivity contribution in [2.75, 3.05) is 19.0 Å². The summed E-state index contributed by atoms with van der Waals surface area (Å²) in [5.74, 6) is -2.95. The number of hydrogen-bond donors (Lipinski definition) is 3. The van der Waals surface area contributed by atoms with Crippen molar-refractivity contribution in [2.45, 2.75) is 65.6 Å². The van der Waals surface area contributed by atoms with Crippen LogP contribution in [0, 0.1) is 5.92 Å². The maximum Gasteiger partial charge on any atom is 0.330 e. The van der Waals surface area contributed by atoms with E-state index in [4.69, 9.17) is 9.47 Å². The van der Waals surface area contributed by atoms with Gasteiger partial charge < -0.3 is 30.0 Å². The van der Waals surface area contributed by atoms with E-state index < -0.39 is 47.3 Å². The van der Waals surface area contributed by atoms with Gasteiger partial charge in [-0.15, -0.1) is 0 Å². The van der Waals surface area contributed by atoms with Gasteiger partial charge in [0.05, 0.1) is 13.7 Å². The molecule has 0 aliphatic carbocycles. The van der Waals surface area contributed by atoms with Gasteiger partial charge in [-0.2, -0.15) is 0 Å². The highest BCUT2D eigenvalue weighted by Crippen LogP contribution is 2.10. The molecular formula is C25H36N4O8. The lowest BCUT2D eigenvalue weighted by molar-refractivity contribution is -0.146. The van der Waals surface area contributed by atoms with Gasteiger partial charge in [-0.05, 0) is 37.8 Å². The Labute approximate surface area is 215 Å². The number of nitrogens with zero attached hydrogens (tertiary/aromatic N) is 1. The molecule has 12 heteroatoms. The molecule has 0 radical (unpaired) electrons. The average Bonchev–Trinajstić information content (AvgIpc) is 2.85. The number of anilines is 1. The largest absolute Gasteiger partial charge is 0.467 e. The van der Waals surface area contributed by atoms with Crippen LogP contribution in [-0.4, -0.2) is 60.0 Å². The van der Waals surface area contributed by atoms with Gasteiger partial charge >= 0.3 is 11.9 Å². The Morgan fingerprint density at radius 1 is 1.14 bits per heavy atom. The lowest BCUT2D eigenvalue weighted by Gasteiger charge is -2.22. The molecule has 1 aromatic rings. The first-order valence-electron chi connectivity index (χ1n) is 12.0. The number of hydrogen-bond acceptors (Lipinski definition) is 8. The van der Waals surface area contributed by atoms with Crippen molar-refractivity contribution in [1.29, 1.82) is 0 Å². The topological polar surface area (TPSA) is 162 Å². The highest BCUT2D eigenvalue weighted by molar-refractivity contribution is 5.96. The minimum Gasteiger partial charge on any atom is -0.467 e. The second kappa shape index (κ2) is 15.9. The van der Waals surface area contributed by atoms with Crippen molar-refractivity contribution in [2.24, 2.45) is 5.92 Å². The van der Waals surface area contributed by atoms with Crippen LogP contribution in [-0.2, 0) is 40.0 Å². The third-order valence-electron chi connectivity index (χ3n) is 5.43. The van der Waals surface area contributed by atoms with Crippen LogP contribution < -0.4 is 21.5 Å². The molecule has 1 rings (SSSR count). The zero-order valence-corrected chi connectivity index (χ0v) is 21.9. The van der Waals surface area contributed by atoms with Crippen LogP contribution in [0.2, 0.25) is 0 Å². The predicted molar refractivity (Wildman–Crippen MR) is 135 cm³/mol. The molecule has 0 spiro atoms. The van der Waals surface area contributed by atoms with E-state index in [9.17, 15) is 28.8 Å². The van der Waals surface area contributed by atoms with Crippen molar-refractivity contribution in [3.05, 3.63) is 40.8 Å². The van der Waals surface area contributed by atoms with Gasteiger partial charge in [-0.1, -0.05) is 26.3 Å². The Hall–Kier alpha value is -3.96. The molecule has 0 aliphatic rings. The van der Waals surface area contributed by atoms with Crippen molar-refractivity contribution in [3.8, 4) is 0 Å². The SMILES string of the molecule is CCOC(=O)/C=C/CC[C@H](NC(C)=O)C(=O)Nc1cccn(CC(=O)N[C@H](C(=O)OC)[C@H](C)CC)c1=O. The molecule has 0 saturated heterocycles. The molecular weight excluding hydrogens is 484 g/mol. The molecule has 1 heterocycles. The molecule has 0 fully saturated rings. The number of carbonyl (C=O) groups is 5. The molecule has 0 aliphatic heterocycles. The third kappa shape index (κ3) is 10.7. The monoisotopic (exact) mass is 520 g/mol. The number of allylic oxidation sites excluding steroid dienone is 1. The lowest BCUT2D eigenvalue weighted by atomic mass is 9.99. The number of methoxy groups -OCH3 is 1. The minimum absolute atomic E-state index is 0.0934. The zero-order valence-electron chi connectivity index (χ0n) is 21.9. The average molecular weight is 521 g/mol. The van der Waals surface area contributed by atoms with Crippen LogP contribution in [0.3, 0.4) is 0 Å². The molecule has 3 amide bonds. The number of esters is 2.